The highest BCUT2D eigenvalue weighted by Gasteiger charge is 2.17. The van der Waals surface area contributed by atoms with Gasteiger partial charge in [-0.3, -0.25) is 4.79 Å². The van der Waals surface area contributed by atoms with Crippen molar-refractivity contribution in [2.75, 3.05) is 6.54 Å². The summed E-state index contributed by atoms with van der Waals surface area (Å²) in [6.45, 7) is 0.0942. The lowest BCUT2D eigenvalue weighted by molar-refractivity contribution is -0.138. The van der Waals surface area contributed by atoms with Crippen molar-refractivity contribution in [1.82, 2.24) is 0 Å². The molecule has 0 heterocycles. The van der Waals surface area contributed by atoms with Crippen molar-refractivity contribution in [3.63, 3.8) is 0 Å². The van der Waals surface area contributed by atoms with E-state index in [9.17, 15) is 4.79 Å². The Balaban J connectivity index is 0.00000169. The molecule has 0 spiro atoms. The van der Waals surface area contributed by atoms with Crippen LogP contribution in [-0.2, 0) is 4.79 Å². The zero-order chi connectivity index (χ0) is 9.84. The van der Waals surface area contributed by atoms with E-state index < -0.39 is 11.9 Å². The van der Waals surface area contributed by atoms with Crippen LogP contribution in [0.4, 0.5) is 0 Å². The average Bonchev–Trinajstić information content (AvgIpc) is 2.09. The van der Waals surface area contributed by atoms with Gasteiger partial charge in [0.25, 0.3) is 0 Å². The minimum Gasteiger partial charge on any atom is -0.481 e. The van der Waals surface area contributed by atoms with E-state index >= 15 is 0 Å². The highest BCUT2D eigenvalue weighted by molar-refractivity contribution is 6.30. The molecule has 1 unspecified atom stereocenters. The molecule has 0 saturated carbocycles. The van der Waals surface area contributed by atoms with E-state index in [1.54, 1.807) is 24.3 Å². The van der Waals surface area contributed by atoms with Gasteiger partial charge < -0.3 is 10.8 Å². The van der Waals surface area contributed by atoms with Crippen LogP contribution in [0.1, 0.15) is 11.5 Å². The van der Waals surface area contributed by atoms with Crippen molar-refractivity contribution in [1.29, 1.82) is 0 Å². The summed E-state index contributed by atoms with van der Waals surface area (Å²) < 4.78 is 0. The molecular weight excluding hydrogens is 225 g/mol. The van der Waals surface area contributed by atoms with Crippen molar-refractivity contribution >= 4 is 30.0 Å². The number of carbonyl (C=O) groups is 1. The molecule has 14 heavy (non-hydrogen) atoms. The topological polar surface area (TPSA) is 63.3 Å². The van der Waals surface area contributed by atoms with Crippen LogP contribution in [0.3, 0.4) is 0 Å². The number of hydrogen-bond donors (Lipinski definition) is 2. The molecule has 0 aromatic heterocycles. The highest BCUT2D eigenvalue weighted by atomic mass is 35.5. The summed E-state index contributed by atoms with van der Waals surface area (Å²) in [6.07, 6.45) is 0. The quantitative estimate of drug-likeness (QED) is 0.842. The van der Waals surface area contributed by atoms with Gasteiger partial charge in [0.1, 0.15) is 0 Å². The van der Waals surface area contributed by atoms with Crippen molar-refractivity contribution in [3.05, 3.63) is 34.9 Å². The second kappa shape index (κ2) is 5.86. The number of hydrogen-bond acceptors (Lipinski definition) is 2. The van der Waals surface area contributed by atoms with Crippen LogP contribution in [0, 0.1) is 0 Å². The first-order valence-corrected chi connectivity index (χ1v) is 4.21. The second-order valence-corrected chi connectivity index (χ2v) is 3.11. The van der Waals surface area contributed by atoms with Crippen molar-refractivity contribution in [2.24, 2.45) is 5.73 Å². The van der Waals surface area contributed by atoms with Crippen molar-refractivity contribution in [3.8, 4) is 0 Å². The predicted octanol–water partition coefficient (Wildman–Crippen LogP) is 1.89. The smallest absolute Gasteiger partial charge is 0.312 e. The van der Waals surface area contributed by atoms with Crippen LogP contribution in [0.5, 0.6) is 0 Å². The van der Waals surface area contributed by atoms with E-state index in [4.69, 9.17) is 22.4 Å². The van der Waals surface area contributed by atoms with Gasteiger partial charge in [0.2, 0.25) is 0 Å². The molecule has 0 bridgehead atoms. The van der Waals surface area contributed by atoms with E-state index in [0.29, 0.717) is 10.6 Å². The summed E-state index contributed by atoms with van der Waals surface area (Å²) in [6, 6.07) is 6.66. The van der Waals surface area contributed by atoms with Crippen LogP contribution in [-0.4, -0.2) is 17.6 Å². The van der Waals surface area contributed by atoms with Gasteiger partial charge >= 0.3 is 5.97 Å². The van der Waals surface area contributed by atoms with Gasteiger partial charge in [-0.15, -0.1) is 12.4 Å². The second-order valence-electron chi connectivity index (χ2n) is 2.68. The van der Waals surface area contributed by atoms with Gasteiger partial charge in [-0.1, -0.05) is 23.7 Å². The van der Waals surface area contributed by atoms with Crippen molar-refractivity contribution < 1.29 is 9.90 Å². The van der Waals surface area contributed by atoms with E-state index in [1.165, 1.54) is 0 Å². The van der Waals surface area contributed by atoms with Gasteiger partial charge in [-0.2, -0.15) is 0 Å². The van der Waals surface area contributed by atoms with Gasteiger partial charge in [0.15, 0.2) is 0 Å². The number of aliphatic carboxylic acids is 1. The van der Waals surface area contributed by atoms with Gasteiger partial charge in [0, 0.05) is 11.6 Å². The molecule has 1 atom stereocenters. The predicted molar refractivity (Wildman–Crippen MR) is 58.1 cm³/mol. The molecule has 5 heteroatoms. The first-order chi connectivity index (χ1) is 6.15. The molecule has 0 aliphatic rings. The van der Waals surface area contributed by atoms with E-state index in [2.05, 4.69) is 0 Å². The first-order valence-electron chi connectivity index (χ1n) is 3.83. The Morgan fingerprint density at radius 2 is 1.93 bits per heavy atom. The summed E-state index contributed by atoms with van der Waals surface area (Å²) in [5, 5.41) is 9.37. The Bertz CT molecular complexity index is 300. The summed E-state index contributed by atoms with van der Waals surface area (Å²) in [4.78, 5) is 10.7. The monoisotopic (exact) mass is 235 g/mol. The first kappa shape index (κ1) is 13.2. The molecule has 1 rings (SSSR count). The number of carboxylic acids is 1. The van der Waals surface area contributed by atoms with Crippen LogP contribution in [0.25, 0.3) is 0 Å². The molecule has 0 amide bonds. The maximum Gasteiger partial charge on any atom is 0.312 e. The molecule has 1 aromatic carbocycles. The molecule has 1 aromatic rings. The third-order valence-electron chi connectivity index (χ3n) is 1.81. The highest BCUT2D eigenvalue weighted by Crippen LogP contribution is 2.17. The maximum absolute atomic E-state index is 10.7. The van der Waals surface area contributed by atoms with Gasteiger partial charge in [-0.25, -0.2) is 0 Å². The van der Waals surface area contributed by atoms with Gasteiger partial charge in [-0.05, 0) is 17.7 Å². The van der Waals surface area contributed by atoms with Crippen molar-refractivity contribution in [2.45, 2.75) is 5.92 Å². The summed E-state index contributed by atoms with van der Waals surface area (Å²) >= 11 is 5.66. The zero-order valence-electron chi connectivity index (χ0n) is 7.31. The third kappa shape index (κ3) is 3.18. The standard InChI is InChI=1S/C9H10ClNO2.ClH/c10-7-3-1-6(2-4-7)8(5-11)9(12)13;/h1-4,8H,5,11H2,(H,12,13);1H. The summed E-state index contributed by atoms with van der Waals surface area (Å²) in [5.74, 6) is -1.55. The van der Waals surface area contributed by atoms with E-state index in [1.807, 2.05) is 0 Å². The van der Waals surface area contributed by atoms with Crippen LogP contribution in [0.2, 0.25) is 5.02 Å². The number of nitrogens with two attached hydrogens (primary N) is 1. The third-order valence-corrected chi connectivity index (χ3v) is 2.06. The van der Waals surface area contributed by atoms with Crippen LogP contribution in [0.15, 0.2) is 24.3 Å². The molecular formula is C9H11Cl2NO2. The lowest BCUT2D eigenvalue weighted by Crippen LogP contribution is -2.20. The molecule has 0 radical (unpaired) electrons. The molecule has 0 aliphatic heterocycles. The lowest BCUT2D eigenvalue weighted by atomic mass is 10.00. The molecule has 3 nitrogen and oxygen atoms in total. The Morgan fingerprint density at radius 3 is 2.29 bits per heavy atom. The minimum absolute atomic E-state index is 0. The summed E-state index contributed by atoms with van der Waals surface area (Å²) in [5.41, 5.74) is 6.01. The molecule has 0 aliphatic carbocycles. The minimum atomic E-state index is -0.912. The Hall–Kier alpha value is -0.770. The van der Waals surface area contributed by atoms with Crippen LogP contribution < -0.4 is 5.73 Å². The molecule has 3 N–H and O–H groups in total. The Labute approximate surface area is 93.3 Å². The largest absolute Gasteiger partial charge is 0.481 e. The maximum atomic E-state index is 10.7. The summed E-state index contributed by atoms with van der Waals surface area (Å²) in [7, 11) is 0. The molecule has 78 valence electrons. The number of rotatable bonds is 3. The molecule has 0 saturated heterocycles. The fourth-order valence-electron chi connectivity index (χ4n) is 1.07. The number of benzene rings is 1. The van der Waals surface area contributed by atoms with E-state index in [0.717, 1.165) is 0 Å². The van der Waals surface area contributed by atoms with Gasteiger partial charge in [0.05, 0.1) is 5.92 Å². The zero-order valence-corrected chi connectivity index (χ0v) is 8.89. The normalized spacial score (nSPS) is 11.6. The number of carboxylic acid groups (broad SMARTS) is 1. The van der Waals surface area contributed by atoms with Crippen LogP contribution >= 0.6 is 24.0 Å². The van der Waals surface area contributed by atoms with E-state index in [-0.39, 0.29) is 19.0 Å². The lowest BCUT2D eigenvalue weighted by Gasteiger charge is -2.09. The Morgan fingerprint density at radius 1 is 1.43 bits per heavy atom. The fourth-order valence-corrected chi connectivity index (χ4v) is 1.20. The fraction of sp³-hybridized carbons (Fsp3) is 0.222. The molecule has 0 fully saturated rings. The SMILES string of the molecule is Cl.NCC(C(=O)O)c1ccc(Cl)cc1. The number of halogens is 2. The average molecular weight is 236 g/mol. The Kier molecular flexibility index (Phi) is 5.53.